The van der Waals surface area contributed by atoms with Crippen molar-refractivity contribution in [1.29, 1.82) is 0 Å². The summed E-state index contributed by atoms with van der Waals surface area (Å²) < 4.78 is 14.4. The predicted octanol–water partition coefficient (Wildman–Crippen LogP) is 3.17. The van der Waals surface area contributed by atoms with Crippen LogP contribution in [-0.4, -0.2) is 72.1 Å². The van der Waals surface area contributed by atoms with Gasteiger partial charge >= 0.3 is 0 Å². The Morgan fingerprint density at radius 2 is 2.17 bits per heavy atom. The standard InChI is InChI=1S/C20H24BrN5O3S/c1-24-13-15(18(23-24)28-2)19(27)26(7-3-6-25-8-10-29-11-9-25)20-22-16-5-4-14(21)12-17(16)30-20/h4-5,12-13H,3,6-11H2,1-2H3. The van der Waals surface area contributed by atoms with Crippen LogP contribution >= 0.6 is 27.3 Å². The van der Waals surface area contributed by atoms with Gasteiger partial charge in [-0.1, -0.05) is 27.3 Å². The molecule has 0 spiro atoms. The van der Waals surface area contributed by atoms with E-state index in [2.05, 4.69) is 25.9 Å². The minimum Gasteiger partial charge on any atom is -0.479 e. The Morgan fingerprint density at radius 3 is 2.93 bits per heavy atom. The summed E-state index contributed by atoms with van der Waals surface area (Å²) in [4.78, 5) is 22.3. The normalized spacial score (nSPS) is 14.9. The molecule has 1 aliphatic rings. The van der Waals surface area contributed by atoms with E-state index < -0.39 is 0 Å². The van der Waals surface area contributed by atoms with Crippen LogP contribution in [0.25, 0.3) is 10.2 Å². The number of ether oxygens (including phenoxy) is 2. The number of fused-ring (bicyclic) bond motifs is 1. The van der Waals surface area contributed by atoms with Crippen molar-refractivity contribution in [1.82, 2.24) is 19.7 Å². The number of methoxy groups -OCH3 is 1. The van der Waals surface area contributed by atoms with E-state index in [1.54, 1.807) is 22.8 Å². The molecule has 0 atom stereocenters. The summed E-state index contributed by atoms with van der Waals surface area (Å²) in [6.07, 6.45) is 2.54. The first-order valence-electron chi connectivity index (χ1n) is 9.81. The Labute approximate surface area is 187 Å². The van der Waals surface area contributed by atoms with Crippen LogP contribution in [-0.2, 0) is 11.8 Å². The zero-order valence-corrected chi connectivity index (χ0v) is 19.4. The molecular weight excluding hydrogens is 470 g/mol. The lowest BCUT2D eigenvalue weighted by molar-refractivity contribution is 0.0376. The third kappa shape index (κ3) is 4.66. The second kappa shape index (κ2) is 9.42. The smallest absolute Gasteiger partial charge is 0.267 e. The van der Waals surface area contributed by atoms with Crippen molar-refractivity contribution in [3.63, 3.8) is 0 Å². The molecule has 1 aromatic carbocycles. The van der Waals surface area contributed by atoms with Crippen molar-refractivity contribution in [2.45, 2.75) is 6.42 Å². The van der Waals surface area contributed by atoms with Crippen LogP contribution in [0.2, 0.25) is 0 Å². The van der Waals surface area contributed by atoms with Gasteiger partial charge in [0.2, 0.25) is 5.88 Å². The van der Waals surface area contributed by atoms with E-state index in [0.29, 0.717) is 23.1 Å². The number of hydrogen-bond donors (Lipinski definition) is 0. The number of morpholine rings is 1. The number of aryl methyl sites for hydroxylation is 1. The van der Waals surface area contributed by atoms with Gasteiger partial charge < -0.3 is 9.47 Å². The van der Waals surface area contributed by atoms with Crippen molar-refractivity contribution >= 4 is 48.5 Å². The zero-order valence-electron chi connectivity index (χ0n) is 17.0. The number of anilines is 1. The maximum absolute atomic E-state index is 13.5. The molecule has 1 aliphatic heterocycles. The molecule has 30 heavy (non-hydrogen) atoms. The number of hydrogen-bond acceptors (Lipinski definition) is 7. The van der Waals surface area contributed by atoms with Crippen LogP contribution in [0.1, 0.15) is 16.8 Å². The highest BCUT2D eigenvalue weighted by molar-refractivity contribution is 9.10. The number of amides is 1. The fourth-order valence-electron chi connectivity index (χ4n) is 3.47. The van der Waals surface area contributed by atoms with Gasteiger partial charge in [-0.3, -0.25) is 19.3 Å². The molecule has 0 radical (unpaired) electrons. The molecule has 1 saturated heterocycles. The molecule has 0 aliphatic carbocycles. The molecule has 3 aromatic rings. The zero-order chi connectivity index (χ0) is 21.1. The van der Waals surface area contributed by atoms with E-state index in [1.165, 1.54) is 18.4 Å². The van der Waals surface area contributed by atoms with Gasteiger partial charge in [0.15, 0.2) is 5.13 Å². The number of benzene rings is 1. The Morgan fingerprint density at radius 1 is 1.37 bits per heavy atom. The molecule has 0 bridgehead atoms. The maximum Gasteiger partial charge on any atom is 0.267 e. The fraction of sp³-hybridized carbons (Fsp3) is 0.450. The van der Waals surface area contributed by atoms with Crippen molar-refractivity contribution in [2.75, 3.05) is 51.4 Å². The lowest BCUT2D eigenvalue weighted by atomic mass is 10.2. The van der Waals surface area contributed by atoms with Gasteiger partial charge in [-0.15, -0.1) is 5.10 Å². The topological polar surface area (TPSA) is 72.7 Å². The molecule has 4 rings (SSSR count). The Kier molecular flexibility index (Phi) is 6.67. The molecule has 0 saturated carbocycles. The number of thiazole rings is 1. The van der Waals surface area contributed by atoms with Crippen molar-refractivity contribution in [3.8, 4) is 5.88 Å². The summed E-state index contributed by atoms with van der Waals surface area (Å²) in [5.74, 6) is 0.171. The number of halogens is 1. The summed E-state index contributed by atoms with van der Waals surface area (Å²) in [5, 5.41) is 4.92. The predicted molar refractivity (Wildman–Crippen MR) is 121 cm³/mol. The van der Waals surface area contributed by atoms with E-state index >= 15 is 0 Å². The van der Waals surface area contributed by atoms with Gasteiger partial charge in [0.1, 0.15) is 5.56 Å². The Bertz CT molecular complexity index is 1030. The molecule has 1 fully saturated rings. The molecule has 0 unspecified atom stereocenters. The van der Waals surface area contributed by atoms with Gasteiger partial charge in [-0.05, 0) is 24.6 Å². The summed E-state index contributed by atoms with van der Waals surface area (Å²) in [6.45, 7) is 4.87. The Hall–Kier alpha value is -2.01. The monoisotopic (exact) mass is 493 g/mol. The first-order valence-corrected chi connectivity index (χ1v) is 11.4. The minimum atomic E-state index is -0.153. The number of aromatic nitrogens is 3. The van der Waals surface area contributed by atoms with Gasteiger partial charge in [-0.25, -0.2) is 4.98 Å². The van der Waals surface area contributed by atoms with Crippen LogP contribution in [0.3, 0.4) is 0 Å². The van der Waals surface area contributed by atoms with Crippen molar-refractivity contribution < 1.29 is 14.3 Å². The van der Waals surface area contributed by atoms with E-state index in [0.717, 1.165) is 54.0 Å². The van der Waals surface area contributed by atoms with Crippen LogP contribution in [0.5, 0.6) is 5.88 Å². The van der Waals surface area contributed by atoms with Crippen molar-refractivity contribution in [2.24, 2.45) is 7.05 Å². The van der Waals surface area contributed by atoms with E-state index in [4.69, 9.17) is 14.5 Å². The fourth-order valence-corrected chi connectivity index (χ4v) is 5.02. The van der Waals surface area contributed by atoms with Crippen LogP contribution in [0.15, 0.2) is 28.9 Å². The number of carbonyl (C=O) groups excluding carboxylic acids is 1. The van der Waals surface area contributed by atoms with Crippen LogP contribution < -0.4 is 9.64 Å². The van der Waals surface area contributed by atoms with E-state index in [9.17, 15) is 4.79 Å². The number of nitrogens with zero attached hydrogens (tertiary/aromatic N) is 5. The molecule has 10 heteroatoms. The number of rotatable bonds is 7. The average Bonchev–Trinajstić information content (AvgIpc) is 3.34. The highest BCUT2D eigenvalue weighted by Gasteiger charge is 2.26. The van der Waals surface area contributed by atoms with E-state index in [-0.39, 0.29) is 5.91 Å². The number of carbonyl (C=O) groups is 1. The molecular formula is C20H24BrN5O3S. The minimum absolute atomic E-state index is 0.153. The van der Waals surface area contributed by atoms with Crippen molar-refractivity contribution in [3.05, 3.63) is 34.4 Å². The second-order valence-corrected chi connectivity index (χ2v) is 9.02. The summed E-state index contributed by atoms with van der Waals surface area (Å²) >= 11 is 5.02. The van der Waals surface area contributed by atoms with Gasteiger partial charge in [0, 0.05) is 43.9 Å². The quantitative estimate of drug-likeness (QED) is 0.503. The summed E-state index contributed by atoms with van der Waals surface area (Å²) in [5.41, 5.74) is 1.31. The SMILES string of the molecule is COc1nn(C)cc1C(=O)N(CCCN1CCOCC1)c1nc2ccc(Br)cc2s1. The van der Waals surface area contributed by atoms with Gasteiger partial charge in [0.05, 0.1) is 30.5 Å². The van der Waals surface area contributed by atoms with Gasteiger partial charge in [0.25, 0.3) is 5.91 Å². The van der Waals surface area contributed by atoms with E-state index in [1.807, 2.05) is 18.2 Å². The molecule has 160 valence electrons. The first-order chi connectivity index (χ1) is 14.5. The summed E-state index contributed by atoms with van der Waals surface area (Å²) in [7, 11) is 3.30. The second-order valence-electron chi connectivity index (χ2n) is 7.10. The molecule has 2 aromatic heterocycles. The molecule has 3 heterocycles. The lowest BCUT2D eigenvalue weighted by Crippen LogP contribution is -2.39. The third-order valence-electron chi connectivity index (χ3n) is 4.99. The molecule has 8 nitrogen and oxygen atoms in total. The lowest BCUT2D eigenvalue weighted by Gasteiger charge is -2.27. The first kappa shape index (κ1) is 21.2. The largest absolute Gasteiger partial charge is 0.479 e. The van der Waals surface area contributed by atoms with Crippen LogP contribution in [0.4, 0.5) is 5.13 Å². The highest BCUT2D eigenvalue weighted by Crippen LogP contribution is 2.32. The molecule has 0 N–H and O–H groups in total. The maximum atomic E-state index is 13.5. The Balaban J connectivity index is 1.60. The third-order valence-corrected chi connectivity index (χ3v) is 6.53. The highest BCUT2D eigenvalue weighted by atomic mass is 79.9. The average molecular weight is 494 g/mol. The summed E-state index contributed by atoms with van der Waals surface area (Å²) in [6, 6.07) is 5.94. The van der Waals surface area contributed by atoms with Crippen LogP contribution in [0, 0.1) is 0 Å². The van der Waals surface area contributed by atoms with Gasteiger partial charge in [-0.2, -0.15) is 0 Å². The molecule has 1 amide bonds.